The lowest BCUT2D eigenvalue weighted by Gasteiger charge is -2.20. The molecule has 0 amide bonds. The fraction of sp³-hybridized carbons (Fsp3) is 0.625. The van der Waals surface area contributed by atoms with Gasteiger partial charge in [0.1, 0.15) is 5.82 Å². The first kappa shape index (κ1) is 9.64. The third-order valence-electron chi connectivity index (χ3n) is 2.56. The molecule has 4 nitrogen and oxygen atoms in total. The summed E-state index contributed by atoms with van der Waals surface area (Å²) in [5.74, 6) is 0.881. The summed E-state index contributed by atoms with van der Waals surface area (Å²) >= 11 is 0. The van der Waals surface area contributed by atoms with Gasteiger partial charge in [-0.15, -0.1) is 0 Å². The highest BCUT2D eigenvalue weighted by Crippen LogP contribution is 2.28. The molecule has 1 unspecified atom stereocenters. The number of hydrogen-bond donors (Lipinski definition) is 0. The fourth-order valence-electron chi connectivity index (χ4n) is 1.87. The summed E-state index contributed by atoms with van der Waals surface area (Å²) in [6.07, 6.45) is 2.95. The summed E-state index contributed by atoms with van der Waals surface area (Å²) in [5, 5.41) is -0.306. The van der Waals surface area contributed by atoms with Crippen LogP contribution in [0.5, 0.6) is 0 Å². The molecule has 0 saturated heterocycles. The van der Waals surface area contributed by atoms with E-state index in [4.69, 9.17) is 0 Å². The van der Waals surface area contributed by atoms with E-state index in [2.05, 4.69) is 4.98 Å². The van der Waals surface area contributed by atoms with Gasteiger partial charge in [-0.25, -0.2) is 4.98 Å². The highest BCUT2D eigenvalue weighted by molar-refractivity contribution is 7.86. The molecule has 1 aromatic heterocycles. The van der Waals surface area contributed by atoms with Crippen LogP contribution in [0.25, 0.3) is 0 Å². The minimum atomic E-state index is -4.62. The van der Waals surface area contributed by atoms with Crippen molar-refractivity contribution in [3.05, 3.63) is 12.0 Å². The quantitative estimate of drug-likeness (QED) is 0.670. The monoisotopic (exact) mass is 218 g/mol. The number of rotatable bonds is 1. The number of hydrogen-bond acceptors (Lipinski definition) is 3. The van der Waals surface area contributed by atoms with Crippen LogP contribution in [0.15, 0.2) is 11.2 Å². The molecule has 1 aromatic rings. The van der Waals surface area contributed by atoms with Crippen LogP contribution in [-0.4, -0.2) is 18.0 Å². The van der Waals surface area contributed by atoms with Crippen LogP contribution in [0.3, 0.4) is 0 Å². The second kappa shape index (κ2) is 3.05. The molecule has 1 atom stereocenters. The first-order chi connectivity index (χ1) is 6.50. The summed E-state index contributed by atoms with van der Waals surface area (Å²) in [4.78, 5) is 3.95. The minimum absolute atomic E-state index is 0.208. The van der Waals surface area contributed by atoms with Crippen molar-refractivity contribution in [3.8, 4) is 0 Å². The van der Waals surface area contributed by atoms with Crippen molar-refractivity contribution in [2.75, 3.05) is 0 Å². The smallest absolute Gasteiger partial charge is 0.317 e. The average Bonchev–Trinajstić information content (AvgIpc) is 2.47. The summed E-state index contributed by atoms with van der Waals surface area (Å²) in [5.41, 5.74) is 0. The zero-order valence-electron chi connectivity index (χ0n) is 7.77. The molecule has 0 aromatic carbocycles. The SMILES string of the molecule is CC1CCCn2c(S(=O)(=O)F)cnc21. The maximum Gasteiger partial charge on any atom is 0.349 e. The van der Waals surface area contributed by atoms with E-state index >= 15 is 0 Å². The van der Waals surface area contributed by atoms with Crippen LogP contribution in [0.4, 0.5) is 3.89 Å². The van der Waals surface area contributed by atoms with Crippen molar-refractivity contribution < 1.29 is 12.3 Å². The lowest BCUT2D eigenvalue weighted by molar-refractivity contribution is 0.436. The lowest BCUT2D eigenvalue weighted by atomic mass is 10.0. The van der Waals surface area contributed by atoms with Gasteiger partial charge in [0.25, 0.3) is 0 Å². The molecular formula is C8H11FN2O2S. The van der Waals surface area contributed by atoms with Gasteiger partial charge < -0.3 is 4.57 Å². The molecule has 1 aliphatic rings. The Morgan fingerprint density at radius 3 is 3.00 bits per heavy atom. The molecule has 0 aliphatic carbocycles. The van der Waals surface area contributed by atoms with Crippen LogP contribution >= 0.6 is 0 Å². The third-order valence-corrected chi connectivity index (χ3v) is 3.38. The minimum Gasteiger partial charge on any atom is -0.317 e. The molecule has 0 spiro atoms. The van der Waals surface area contributed by atoms with E-state index in [0.717, 1.165) is 19.0 Å². The van der Waals surface area contributed by atoms with Crippen molar-refractivity contribution in [2.45, 2.75) is 37.3 Å². The first-order valence-corrected chi connectivity index (χ1v) is 5.88. The largest absolute Gasteiger partial charge is 0.349 e. The number of aromatic nitrogens is 2. The van der Waals surface area contributed by atoms with Gasteiger partial charge in [-0.2, -0.15) is 8.42 Å². The molecule has 0 radical (unpaired) electrons. The molecule has 14 heavy (non-hydrogen) atoms. The topological polar surface area (TPSA) is 52.0 Å². The standard InChI is InChI=1S/C8H11FN2O2S/c1-6-3-2-4-11-7(14(9,12)13)5-10-8(6)11/h5-6H,2-4H2,1H3. The molecule has 6 heteroatoms. The number of halogens is 1. The Bertz CT molecular complexity index is 452. The van der Waals surface area contributed by atoms with Crippen molar-refractivity contribution in [2.24, 2.45) is 0 Å². The molecule has 0 fully saturated rings. The average molecular weight is 218 g/mol. The van der Waals surface area contributed by atoms with E-state index in [1.807, 2.05) is 6.92 Å². The van der Waals surface area contributed by atoms with E-state index in [-0.39, 0.29) is 10.9 Å². The zero-order valence-corrected chi connectivity index (χ0v) is 8.59. The van der Waals surface area contributed by atoms with Gasteiger partial charge in [-0.3, -0.25) is 0 Å². The van der Waals surface area contributed by atoms with E-state index in [9.17, 15) is 12.3 Å². The second-order valence-corrected chi connectivity index (χ2v) is 4.88. The van der Waals surface area contributed by atoms with Crippen LogP contribution in [-0.2, 0) is 16.8 Å². The Hall–Kier alpha value is -0.910. The van der Waals surface area contributed by atoms with E-state index < -0.39 is 10.2 Å². The Labute approximate surface area is 82.0 Å². The number of nitrogens with zero attached hydrogens (tertiary/aromatic N) is 2. The fourth-order valence-corrected chi connectivity index (χ4v) is 2.50. The maximum atomic E-state index is 12.8. The molecular weight excluding hydrogens is 207 g/mol. The molecule has 2 heterocycles. The Kier molecular flexibility index (Phi) is 2.10. The highest BCUT2D eigenvalue weighted by Gasteiger charge is 2.26. The van der Waals surface area contributed by atoms with Crippen molar-refractivity contribution >= 4 is 10.2 Å². The molecule has 1 aliphatic heterocycles. The summed E-state index contributed by atoms with van der Waals surface area (Å²) < 4.78 is 35.7. The Morgan fingerprint density at radius 1 is 1.64 bits per heavy atom. The van der Waals surface area contributed by atoms with Gasteiger partial charge in [-0.05, 0) is 12.8 Å². The molecule has 0 N–H and O–H groups in total. The van der Waals surface area contributed by atoms with Gasteiger partial charge in [0.15, 0.2) is 5.03 Å². The van der Waals surface area contributed by atoms with Gasteiger partial charge in [0, 0.05) is 12.5 Å². The molecule has 0 bridgehead atoms. The Morgan fingerprint density at radius 2 is 2.36 bits per heavy atom. The lowest BCUT2D eigenvalue weighted by Crippen LogP contribution is -2.16. The molecule has 78 valence electrons. The predicted molar refractivity (Wildman–Crippen MR) is 48.2 cm³/mol. The summed E-state index contributed by atoms with van der Waals surface area (Å²) in [6, 6.07) is 0. The normalized spacial score (nSPS) is 22.0. The third kappa shape index (κ3) is 1.43. The number of imidazole rings is 1. The summed E-state index contributed by atoms with van der Waals surface area (Å²) in [7, 11) is -4.62. The summed E-state index contributed by atoms with van der Waals surface area (Å²) in [6.45, 7) is 2.50. The highest BCUT2D eigenvalue weighted by atomic mass is 32.3. The maximum absolute atomic E-state index is 12.8. The van der Waals surface area contributed by atoms with Crippen LogP contribution < -0.4 is 0 Å². The van der Waals surface area contributed by atoms with Crippen LogP contribution in [0, 0.1) is 0 Å². The second-order valence-electron chi connectivity index (χ2n) is 3.59. The Balaban J connectivity index is 2.57. The van der Waals surface area contributed by atoms with Gasteiger partial charge in [0.2, 0.25) is 0 Å². The number of fused-ring (bicyclic) bond motifs is 1. The van der Waals surface area contributed by atoms with Crippen LogP contribution in [0.1, 0.15) is 31.5 Å². The predicted octanol–water partition coefficient (Wildman–Crippen LogP) is 1.44. The van der Waals surface area contributed by atoms with Gasteiger partial charge in [-0.1, -0.05) is 10.8 Å². The van der Waals surface area contributed by atoms with Gasteiger partial charge >= 0.3 is 10.2 Å². The van der Waals surface area contributed by atoms with Crippen molar-refractivity contribution in [3.63, 3.8) is 0 Å². The van der Waals surface area contributed by atoms with E-state index in [1.54, 1.807) is 0 Å². The molecule has 0 saturated carbocycles. The zero-order chi connectivity index (χ0) is 10.3. The van der Waals surface area contributed by atoms with Gasteiger partial charge in [0.05, 0.1) is 6.20 Å². The van der Waals surface area contributed by atoms with E-state index in [0.29, 0.717) is 12.4 Å². The van der Waals surface area contributed by atoms with Crippen molar-refractivity contribution in [1.29, 1.82) is 0 Å². The van der Waals surface area contributed by atoms with E-state index in [1.165, 1.54) is 4.57 Å². The first-order valence-electron chi connectivity index (χ1n) is 4.50. The molecule has 2 rings (SSSR count). The van der Waals surface area contributed by atoms with Crippen LogP contribution in [0.2, 0.25) is 0 Å². The van der Waals surface area contributed by atoms with Crippen molar-refractivity contribution in [1.82, 2.24) is 9.55 Å².